The van der Waals surface area contributed by atoms with Crippen LogP contribution < -0.4 is 21.2 Å². The first-order chi connectivity index (χ1) is 17.2. The number of nitrogens with zero attached hydrogens (tertiary/aromatic N) is 1. The van der Waals surface area contributed by atoms with Crippen molar-refractivity contribution >= 4 is 37.2 Å². The van der Waals surface area contributed by atoms with Gasteiger partial charge in [-0.3, -0.25) is 4.67 Å². The lowest BCUT2D eigenvalue weighted by Gasteiger charge is -2.36. The molecule has 0 aromatic heterocycles. The van der Waals surface area contributed by atoms with E-state index in [0.717, 1.165) is 6.42 Å². The molecule has 3 heteroatoms. The van der Waals surface area contributed by atoms with Gasteiger partial charge in [-0.05, 0) is 60.4 Å². The number of allylic oxidation sites excluding steroid dienone is 2. The monoisotopic (exact) mass is 491 g/mol. The number of likely N-dealkylation sites (N-methyl/N-ethyl adjacent to an activating group) is 1. The maximum Gasteiger partial charge on any atom is 0.0362 e. The Morgan fingerprint density at radius 2 is 0.971 bits per heavy atom. The van der Waals surface area contributed by atoms with Crippen LogP contribution in [0.3, 0.4) is 0 Å². The number of hydrogen-bond donors (Lipinski definition) is 0. The van der Waals surface area contributed by atoms with Gasteiger partial charge in [-0.15, -0.1) is 0 Å². The standard InChI is InChI=1S/C32H31NP2/c1-26(33(2)35(29-20-11-5-12-21-29)30-22-13-6-14-23-30)31-24-15-25-32(31)34(27-16-7-3-8-17-27)28-18-9-4-10-19-28/h3-14,16-26H,15H2,1-2H3/t26-/m0/s1. The Morgan fingerprint density at radius 1 is 0.571 bits per heavy atom. The maximum atomic E-state index is 2.61. The van der Waals surface area contributed by atoms with Gasteiger partial charge in [-0.1, -0.05) is 133 Å². The van der Waals surface area contributed by atoms with Gasteiger partial charge in [0.1, 0.15) is 0 Å². The average molecular weight is 492 g/mol. The maximum absolute atomic E-state index is 2.61. The van der Waals surface area contributed by atoms with Crippen LogP contribution in [0.5, 0.6) is 0 Å². The second kappa shape index (κ2) is 11.3. The van der Waals surface area contributed by atoms with E-state index in [-0.39, 0.29) is 0 Å². The van der Waals surface area contributed by atoms with E-state index in [1.54, 1.807) is 0 Å². The van der Waals surface area contributed by atoms with Crippen molar-refractivity contribution in [2.24, 2.45) is 0 Å². The molecule has 0 fully saturated rings. The third kappa shape index (κ3) is 5.24. The van der Waals surface area contributed by atoms with E-state index in [2.05, 4.69) is 152 Å². The zero-order valence-electron chi connectivity index (χ0n) is 20.3. The van der Waals surface area contributed by atoms with Crippen LogP contribution in [0.25, 0.3) is 0 Å². The number of hydrogen-bond acceptors (Lipinski definition) is 1. The minimum atomic E-state index is -0.642. The lowest BCUT2D eigenvalue weighted by molar-refractivity contribution is 0.485. The lowest BCUT2D eigenvalue weighted by Crippen LogP contribution is -2.34. The molecule has 0 saturated carbocycles. The summed E-state index contributed by atoms with van der Waals surface area (Å²) in [5, 5.41) is 7.11. The predicted octanol–water partition coefficient (Wildman–Crippen LogP) is 6.70. The molecule has 0 bridgehead atoms. The van der Waals surface area contributed by atoms with E-state index >= 15 is 0 Å². The summed E-state index contributed by atoms with van der Waals surface area (Å²) in [6.45, 7) is 2.38. The van der Waals surface area contributed by atoms with Crippen LogP contribution >= 0.6 is 16.0 Å². The van der Waals surface area contributed by atoms with Gasteiger partial charge in [0.2, 0.25) is 0 Å². The molecule has 5 rings (SSSR count). The van der Waals surface area contributed by atoms with E-state index in [1.807, 2.05) is 0 Å². The molecular weight excluding hydrogens is 460 g/mol. The van der Waals surface area contributed by atoms with Gasteiger partial charge in [-0.25, -0.2) is 0 Å². The van der Waals surface area contributed by atoms with Gasteiger partial charge in [-0.2, -0.15) is 0 Å². The van der Waals surface area contributed by atoms with Crippen molar-refractivity contribution in [2.45, 2.75) is 19.4 Å². The summed E-state index contributed by atoms with van der Waals surface area (Å²) in [4.78, 5) is 0. The first-order valence-corrected chi connectivity index (χ1v) is 14.8. The zero-order chi connectivity index (χ0) is 24.0. The van der Waals surface area contributed by atoms with Gasteiger partial charge in [0.05, 0.1) is 0 Å². The van der Waals surface area contributed by atoms with Crippen molar-refractivity contribution < 1.29 is 0 Å². The molecule has 0 N–H and O–H groups in total. The summed E-state index contributed by atoms with van der Waals surface area (Å²) in [7, 11) is 1.06. The summed E-state index contributed by atoms with van der Waals surface area (Å²) >= 11 is 0. The van der Waals surface area contributed by atoms with Crippen LogP contribution in [0.15, 0.2) is 144 Å². The van der Waals surface area contributed by atoms with Crippen molar-refractivity contribution in [1.82, 2.24) is 4.67 Å². The molecule has 0 heterocycles. The van der Waals surface area contributed by atoms with Crippen molar-refractivity contribution in [3.63, 3.8) is 0 Å². The second-order valence-electron chi connectivity index (χ2n) is 8.72. The number of benzene rings is 4. The zero-order valence-corrected chi connectivity index (χ0v) is 22.1. The van der Waals surface area contributed by atoms with Crippen molar-refractivity contribution in [2.75, 3.05) is 7.05 Å². The second-order valence-corrected chi connectivity index (χ2v) is 13.2. The Balaban J connectivity index is 1.52. The van der Waals surface area contributed by atoms with Crippen LogP contribution in [0.1, 0.15) is 13.3 Å². The molecule has 0 radical (unpaired) electrons. The van der Waals surface area contributed by atoms with Crippen molar-refractivity contribution in [3.05, 3.63) is 144 Å². The SMILES string of the molecule is C[C@@H](C1=CCC=C1P(c1ccccc1)c1ccccc1)N(C)P(c1ccccc1)c1ccccc1. The molecule has 35 heavy (non-hydrogen) atoms. The fraction of sp³-hybridized carbons (Fsp3) is 0.125. The van der Waals surface area contributed by atoms with E-state index in [0.29, 0.717) is 6.04 Å². The first-order valence-electron chi connectivity index (χ1n) is 12.2. The smallest absolute Gasteiger partial charge is 0.0362 e. The van der Waals surface area contributed by atoms with Crippen molar-refractivity contribution in [1.29, 1.82) is 0 Å². The first kappa shape index (κ1) is 23.9. The highest BCUT2D eigenvalue weighted by Crippen LogP contribution is 2.52. The number of rotatable bonds is 8. The van der Waals surface area contributed by atoms with Crippen LogP contribution in [0, 0.1) is 0 Å². The Hall–Kier alpha value is -2.82. The van der Waals surface area contributed by atoms with E-state index in [4.69, 9.17) is 0 Å². The van der Waals surface area contributed by atoms with Gasteiger partial charge >= 0.3 is 0 Å². The molecule has 0 aliphatic heterocycles. The minimum Gasteiger partial charge on any atom is -0.271 e. The summed E-state index contributed by atoms with van der Waals surface area (Å²) < 4.78 is 2.61. The summed E-state index contributed by atoms with van der Waals surface area (Å²) in [6, 6.07) is 44.4. The topological polar surface area (TPSA) is 3.24 Å². The highest BCUT2D eigenvalue weighted by Gasteiger charge is 2.31. The molecule has 1 aliphatic carbocycles. The van der Waals surface area contributed by atoms with E-state index in [9.17, 15) is 0 Å². The van der Waals surface area contributed by atoms with E-state index in [1.165, 1.54) is 32.1 Å². The Labute approximate surface area is 212 Å². The van der Waals surface area contributed by atoms with Gasteiger partial charge in [0.15, 0.2) is 0 Å². The van der Waals surface area contributed by atoms with Gasteiger partial charge in [0.25, 0.3) is 0 Å². The predicted molar refractivity (Wildman–Crippen MR) is 156 cm³/mol. The molecule has 0 spiro atoms. The summed E-state index contributed by atoms with van der Waals surface area (Å²) in [5.74, 6) is 0. The Kier molecular flexibility index (Phi) is 7.70. The molecule has 0 saturated heterocycles. The van der Waals surface area contributed by atoms with Crippen LogP contribution in [-0.2, 0) is 0 Å². The molecule has 1 aliphatic rings. The fourth-order valence-corrected chi connectivity index (χ4v) is 9.76. The third-order valence-corrected chi connectivity index (χ3v) is 11.6. The molecule has 0 unspecified atom stereocenters. The molecule has 1 nitrogen and oxygen atoms in total. The van der Waals surface area contributed by atoms with Gasteiger partial charge < -0.3 is 0 Å². The highest BCUT2D eigenvalue weighted by molar-refractivity contribution is 7.77. The average Bonchev–Trinajstić information content (AvgIpc) is 3.40. The fourth-order valence-electron chi connectivity index (χ4n) is 4.73. The van der Waals surface area contributed by atoms with Crippen LogP contribution in [-0.4, -0.2) is 17.8 Å². The summed E-state index contributed by atoms with van der Waals surface area (Å²) in [5.41, 5.74) is 1.48. The van der Waals surface area contributed by atoms with Gasteiger partial charge in [0, 0.05) is 14.1 Å². The quantitative estimate of drug-likeness (QED) is 0.248. The molecule has 174 valence electrons. The van der Waals surface area contributed by atoms with Crippen LogP contribution in [0.4, 0.5) is 0 Å². The molecule has 1 atom stereocenters. The third-order valence-electron chi connectivity index (χ3n) is 6.54. The highest BCUT2D eigenvalue weighted by atomic mass is 31.1. The van der Waals surface area contributed by atoms with Crippen LogP contribution in [0.2, 0.25) is 0 Å². The molecule has 0 amide bonds. The Morgan fingerprint density at radius 3 is 1.40 bits per heavy atom. The minimum absolute atomic E-state index is 0.299. The molecule has 4 aromatic carbocycles. The lowest BCUT2D eigenvalue weighted by atomic mass is 10.1. The largest absolute Gasteiger partial charge is 0.271 e. The van der Waals surface area contributed by atoms with Crippen molar-refractivity contribution in [3.8, 4) is 0 Å². The molecular formula is C32H31NP2. The summed E-state index contributed by atoms with van der Waals surface area (Å²) in [6.07, 6.45) is 5.94. The normalized spacial score (nSPS) is 14.3. The van der Waals surface area contributed by atoms with E-state index < -0.39 is 16.0 Å². The molecule has 4 aromatic rings. The Bertz CT molecular complexity index is 1210.